The van der Waals surface area contributed by atoms with E-state index in [9.17, 15) is 14.9 Å². The summed E-state index contributed by atoms with van der Waals surface area (Å²) in [5.41, 5.74) is 4.82. The summed E-state index contributed by atoms with van der Waals surface area (Å²) in [5, 5.41) is 10.8. The summed E-state index contributed by atoms with van der Waals surface area (Å²) >= 11 is 0. The van der Waals surface area contributed by atoms with Crippen LogP contribution in [0.2, 0.25) is 0 Å². The summed E-state index contributed by atoms with van der Waals surface area (Å²) in [6.45, 7) is 0. The van der Waals surface area contributed by atoms with Gasteiger partial charge in [0.05, 0.1) is 16.3 Å². The van der Waals surface area contributed by atoms with Crippen LogP contribution < -0.4 is 4.90 Å². The molecule has 0 unspecified atom stereocenters. The molecule has 5 heteroatoms. The Labute approximate surface area is 162 Å². The second kappa shape index (κ2) is 7.48. The first-order chi connectivity index (χ1) is 13.6. The molecule has 5 nitrogen and oxygen atoms in total. The molecule has 0 radical (unpaired) electrons. The number of hydrogen-bond acceptors (Lipinski definition) is 3. The summed E-state index contributed by atoms with van der Waals surface area (Å²) in [7, 11) is 0. The second-order valence-electron chi connectivity index (χ2n) is 6.61. The fraction of sp³-hybridized carbons (Fsp3) is 0.0870. The predicted octanol–water partition coefficient (Wildman–Crippen LogP) is 5.07. The third-order valence-corrected chi connectivity index (χ3v) is 4.87. The first-order valence-electron chi connectivity index (χ1n) is 9.06. The summed E-state index contributed by atoms with van der Waals surface area (Å²) in [5.74, 6) is -0.153. The molecule has 1 aliphatic rings. The van der Waals surface area contributed by atoms with Crippen molar-refractivity contribution < 1.29 is 9.72 Å². The van der Waals surface area contributed by atoms with Crippen molar-refractivity contribution in [3.63, 3.8) is 0 Å². The Hall–Kier alpha value is -3.73. The van der Waals surface area contributed by atoms with E-state index in [0.29, 0.717) is 0 Å². The number of carbonyl (C=O) groups is 1. The molecule has 0 saturated carbocycles. The number of nitro groups is 1. The van der Waals surface area contributed by atoms with Crippen molar-refractivity contribution in [2.24, 2.45) is 0 Å². The van der Waals surface area contributed by atoms with Gasteiger partial charge in [-0.3, -0.25) is 19.8 Å². The molecule has 0 saturated heterocycles. The van der Waals surface area contributed by atoms with Gasteiger partial charge in [-0.2, -0.15) is 0 Å². The number of anilines is 2. The molecule has 0 fully saturated rings. The highest BCUT2D eigenvalue weighted by Crippen LogP contribution is 2.36. The molecule has 0 bridgehead atoms. The Kier molecular flexibility index (Phi) is 4.72. The van der Waals surface area contributed by atoms with Crippen LogP contribution in [0.25, 0.3) is 6.08 Å². The van der Waals surface area contributed by atoms with Crippen molar-refractivity contribution in [3.05, 3.63) is 106 Å². The van der Waals surface area contributed by atoms with Crippen LogP contribution in [0.3, 0.4) is 0 Å². The lowest BCUT2D eigenvalue weighted by Gasteiger charge is -2.23. The van der Waals surface area contributed by atoms with Gasteiger partial charge in [-0.25, -0.2) is 0 Å². The normalized spacial score (nSPS) is 12.9. The van der Waals surface area contributed by atoms with Gasteiger partial charge in [0.2, 0.25) is 0 Å². The van der Waals surface area contributed by atoms with E-state index in [1.165, 1.54) is 18.2 Å². The fourth-order valence-electron chi connectivity index (χ4n) is 3.47. The van der Waals surface area contributed by atoms with Crippen LogP contribution in [-0.2, 0) is 17.6 Å². The summed E-state index contributed by atoms with van der Waals surface area (Å²) in [4.78, 5) is 25.2. The monoisotopic (exact) mass is 370 g/mol. The zero-order chi connectivity index (χ0) is 19.5. The number of para-hydroxylation sites is 2. The molecule has 3 aromatic rings. The Balaban J connectivity index is 1.69. The van der Waals surface area contributed by atoms with E-state index in [-0.39, 0.29) is 11.6 Å². The van der Waals surface area contributed by atoms with Crippen LogP contribution in [0.1, 0.15) is 16.7 Å². The average Bonchev–Trinajstić information content (AvgIpc) is 2.89. The number of rotatable bonds is 3. The minimum Gasteiger partial charge on any atom is -0.277 e. The van der Waals surface area contributed by atoms with E-state index in [1.54, 1.807) is 23.1 Å². The molecule has 0 spiro atoms. The van der Waals surface area contributed by atoms with E-state index in [0.717, 1.165) is 40.9 Å². The Morgan fingerprint density at radius 1 is 0.857 bits per heavy atom. The number of carbonyl (C=O) groups excluding carboxylic acids is 1. The molecule has 1 heterocycles. The first-order valence-corrected chi connectivity index (χ1v) is 9.06. The van der Waals surface area contributed by atoms with Gasteiger partial charge in [0.15, 0.2) is 0 Å². The third-order valence-electron chi connectivity index (χ3n) is 4.87. The molecule has 138 valence electrons. The number of nitro benzene ring substituents is 1. The minimum atomic E-state index is -0.441. The smallest absolute Gasteiger partial charge is 0.269 e. The Morgan fingerprint density at radius 3 is 1.93 bits per heavy atom. The highest BCUT2D eigenvalue weighted by atomic mass is 16.6. The van der Waals surface area contributed by atoms with E-state index >= 15 is 0 Å². The topological polar surface area (TPSA) is 63.4 Å². The van der Waals surface area contributed by atoms with Gasteiger partial charge >= 0.3 is 0 Å². The number of aryl methyl sites for hydroxylation is 2. The first kappa shape index (κ1) is 17.7. The molecule has 3 aromatic carbocycles. The van der Waals surface area contributed by atoms with Gasteiger partial charge in [-0.15, -0.1) is 0 Å². The molecule has 28 heavy (non-hydrogen) atoms. The Bertz CT molecular complexity index is 1020. The average molecular weight is 370 g/mol. The van der Waals surface area contributed by atoms with Gasteiger partial charge in [0, 0.05) is 18.2 Å². The number of non-ortho nitro benzene ring substituents is 1. The lowest BCUT2D eigenvalue weighted by Crippen LogP contribution is -2.24. The molecule has 0 N–H and O–H groups in total. The molecule has 0 atom stereocenters. The van der Waals surface area contributed by atoms with Gasteiger partial charge in [-0.05, 0) is 59.9 Å². The highest BCUT2D eigenvalue weighted by Gasteiger charge is 2.23. The molecule has 4 rings (SSSR count). The number of fused-ring (bicyclic) bond motifs is 2. The maximum Gasteiger partial charge on any atom is 0.269 e. The fourth-order valence-corrected chi connectivity index (χ4v) is 3.47. The minimum absolute atomic E-state index is 0.0267. The van der Waals surface area contributed by atoms with Crippen molar-refractivity contribution in [2.45, 2.75) is 12.8 Å². The molecule has 0 aliphatic carbocycles. The number of hydrogen-bond donors (Lipinski definition) is 0. The van der Waals surface area contributed by atoms with Crippen LogP contribution in [-0.4, -0.2) is 10.8 Å². The van der Waals surface area contributed by atoms with Crippen molar-refractivity contribution in [1.29, 1.82) is 0 Å². The molecule has 1 aliphatic heterocycles. The largest absolute Gasteiger partial charge is 0.277 e. The summed E-state index contributed by atoms with van der Waals surface area (Å²) in [6, 6.07) is 22.0. The lowest BCUT2D eigenvalue weighted by molar-refractivity contribution is -0.384. The van der Waals surface area contributed by atoms with E-state index in [2.05, 4.69) is 12.1 Å². The van der Waals surface area contributed by atoms with Crippen LogP contribution in [0.4, 0.5) is 17.1 Å². The second-order valence-corrected chi connectivity index (χ2v) is 6.61. The number of benzene rings is 3. The van der Waals surface area contributed by atoms with Gasteiger partial charge in [0.1, 0.15) is 0 Å². The quantitative estimate of drug-likeness (QED) is 0.367. The molecular weight excluding hydrogens is 352 g/mol. The van der Waals surface area contributed by atoms with Crippen LogP contribution in [0.15, 0.2) is 78.9 Å². The third kappa shape index (κ3) is 3.42. The van der Waals surface area contributed by atoms with Crippen molar-refractivity contribution in [2.75, 3.05) is 4.90 Å². The lowest BCUT2D eigenvalue weighted by atomic mass is 10.0. The van der Waals surface area contributed by atoms with Gasteiger partial charge in [-0.1, -0.05) is 36.4 Å². The zero-order valence-corrected chi connectivity index (χ0v) is 15.1. The summed E-state index contributed by atoms with van der Waals surface area (Å²) in [6.07, 6.45) is 4.95. The van der Waals surface area contributed by atoms with Crippen LogP contribution >= 0.6 is 0 Å². The van der Waals surface area contributed by atoms with E-state index in [1.807, 2.05) is 36.4 Å². The van der Waals surface area contributed by atoms with Gasteiger partial charge in [0.25, 0.3) is 11.6 Å². The van der Waals surface area contributed by atoms with Crippen molar-refractivity contribution >= 4 is 29.0 Å². The Morgan fingerprint density at radius 2 is 1.39 bits per heavy atom. The highest BCUT2D eigenvalue weighted by molar-refractivity contribution is 6.10. The van der Waals surface area contributed by atoms with E-state index < -0.39 is 4.92 Å². The summed E-state index contributed by atoms with van der Waals surface area (Å²) < 4.78 is 0. The van der Waals surface area contributed by atoms with Crippen molar-refractivity contribution in [3.8, 4) is 0 Å². The van der Waals surface area contributed by atoms with Gasteiger partial charge < -0.3 is 0 Å². The SMILES string of the molecule is O=C(/C=C/c1ccc([N+](=O)[O-])cc1)N1c2ccccc2CCc2ccccc21. The molecular formula is C23H18N2O3. The standard InChI is InChI=1S/C23H18N2O3/c26-23(16-11-17-9-14-20(15-10-17)25(27)28)24-21-7-3-1-5-18(21)12-13-19-6-2-4-8-22(19)24/h1-11,14-16H,12-13H2/b16-11+. The zero-order valence-electron chi connectivity index (χ0n) is 15.1. The maximum absolute atomic E-state index is 13.2. The predicted molar refractivity (Wildman–Crippen MR) is 110 cm³/mol. The maximum atomic E-state index is 13.2. The van der Waals surface area contributed by atoms with Crippen LogP contribution in [0.5, 0.6) is 0 Å². The van der Waals surface area contributed by atoms with Crippen LogP contribution in [0, 0.1) is 10.1 Å². The number of nitrogens with zero attached hydrogens (tertiary/aromatic N) is 2. The molecule has 0 aromatic heterocycles. The van der Waals surface area contributed by atoms with E-state index in [4.69, 9.17) is 0 Å². The molecule has 1 amide bonds. The van der Waals surface area contributed by atoms with Crippen molar-refractivity contribution in [1.82, 2.24) is 0 Å². The number of amides is 1.